The second-order valence-corrected chi connectivity index (χ2v) is 7.42. The van der Waals surface area contributed by atoms with Crippen molar-refractivity contribution >= 4 is 27.3 Å². The van der Waals surface area contributed by atoms with Crippen molar-refractivity contribution in [2.75, 3.05) is 25.0 Å². The first-order valence-electron chi connectivity index (χ1n) is 7.04. The first-order valence-corrected chi connectivity index (χ1v) is 9.07. The number of benzene rings is 2. The number of likely N-dealkylation sites (N-methyl/N-ethyl adjacent to an activating group) is 1. The minimum absolute atomic E-state index is 0.169. The molecule has 0 bridgehead atoms. The number of sulfonamides is 1. The van der Waals surface area contributed by atoms with Gasteiger partial charge < -0.3 is 4.90 Å². The van der Waals surface area contributed by atoms with Gasteiger partial charge in [-0.25, -0.2) is 17.5 Å². The molecule has 23 heavy (non-hydrogen) atoms. The van der Waals surface area contributed by atoms with Crippen LogP contribution in [0.15, 0.2) is 48.5 Å². The third-order valence-corrected chi connectivity index (χ3v) is 4.92. The van der Waals surface area contributed by atoms with Gasteiger partial charge in [0, 0.05) is 30.8 Å². The maximum absolute atomic E-state index is 12.8. The van der Waals surface area contributed by atoms with E-state index in [4.69, 9.17) is 11.6 Å². The third kappa shape index (κ3) is 5.82. The lowest BCUT2D eigenvalue weighted by Crippen LogP contribution is -2.33. The van der Waals surface area contributed by atoms with Crippen LogP contribution in [0.3, 0.4) is 0 Å². The monoisotopic (exact) mass is 356 g/mol. The van der Waals surface area contributed by atoms with E-state index in [0.717, 1.165) is 5.69 Å². The zero-order valence-electron chi connectivity index (χ0n) is 12.7. The fourth-order valence-corrected chi connectivity index (χ4v) is 3.31. The van der Waals surface area contributed by atoms with Gasteiger partial charge in [0.1, 0.15) is 5.82 Å². The second kappa shape index (κ2) is 7.77. The Labute approximate surface area is 140 Å². The van der Waals surface area contributed by atoms with Gasteiger partial charge in [0.2, 0.25) is 10.0 Å². The summed E-state index contributed by atoms with van der Waals surface area (Å²) in [6.07, 6.45) is 0. The first-order chi connectivity index (χ1) is 10.9. The Kier molecular flexibility index (Phi) is 5.98. The zero-order chi connectivity index (χ0) is 16.9. The first kappa shape index (κ1) is 17.7. The van der Waals surface area contributed by atoms with Crippen molar-refractivity contribution in [1.82, 2.24) is 4.72 Å². The highest BCUT2D eigenvalue weighted by atomic mass is 35.5. The Bertz CT molecular complexity index is 734. The van der Waals surface area contributed by atoms with Crippen molar-refractivity contribution in [3.8, 4) is 0 Å². The molecule has 0 aromatic heterocycles. The Morgan fingerprint density at radius 3 is 2.30 bits per heavy atom. The molecule has 0 spiro atoms. The number of nitrogens with one attached hydrogen (secondary N) is 1. The molecule has 0 amide bonds. The van der Waals surface area contributed by atoms with E-state index in [0.29, 0.717) is 17.1 Å². The molecule has 0 saturated carbocycles. The number of hydrogen-bond acceptors (Lipinski definition) is 3. The fraction of sp³-hybridized carbons (Fsp3) is 0.250. The van der Waals surface area contributed by atoms with Crippen LogP contribution >= 0.6 is 11.6 Å². The van der Waals surface area contributed by atoms with E-state index in [2.05, 4.69) is 4.72 Å². The van der Waals surface area contributed by atoms with Crippen molar-refractivity contribution in [3.05, 3.63) is 64.9 Å². The molecule has 0 aliphatic carbocycles. The Morgan fingerprint density at radius 1 is 1.09 bits per heavy atom. The Balaban J connectivity index is 1.84. The summed E-state index contributed by atoms with van der Waals surface area (Å²) in [5.74, 6) is -0.554. The van der Waals surface area contributed by atoms with E-state index in [1.165, 1.54) is 24.3 Å². The normalized spacial score (nSPS) is 11.4. The van der Waals surface area contributed by atoms with Gasteiger partial charge >= 0.3 is 0 Å². The third-order valence-electron chi connectivity index (χ3n) is 3.31. The molecule has 0 aliphatic rings. The van der Waals surface area contributed by atoms with Crippen LogP contribution in [0, 0.1) is 5.82 Å². The predicted molar refractivity (Wildman–Crippen MR) is 91.7 cm³/mol. The number of nitrogens with zero attached hydrogens (tertiary/aromatic N) is 1. The van der Waals surface area contributed by atoms with Crippen molar-refractivity contribution in [2.24, 2.45) is 0 Å². The summed E-state index contributed by atoms with van der Waals surface area (Å²) in [4.78, 5) is 1.93. The van der Waals surface area contributed by atoms with Crippen molar-refractivity contribution in [2.45, 2.75) is 5.75 Å². The molecule has 7 heteroatoms. The topological polar surface area (TPSA) is 49.4 Å². The largest absolute Gasteiger partial charge is 0.373 e. The van der Waals surface area contributed by atoms with Gasteiger partial charge in [0.15, 0.2) is 0 Å². The van der Waals surface area contributed by atoms with Gasteiger partial charge in [0.25, 0.3) is 0 Å². The van der Waals surface area contributed by atoms with Crippen LogP contribution in [0.1, 0.15) is 5.56 Å². The molecule has 2 rings (SSSR count). The summed E-state index contributed by atoms with van der Waals surface area (Å²) in [5.41, 5.74) is 1.50. The molecule has 0 radical (unpaired) electrons. The van der Waals surface area contributed by atoms with Crippen LogP contribution in [-0.4, -0.2) is 28.6 Å². The van der Waals surface area contributed by atoms with E-state index in [9.17, 15) is 12.8 Å². The van der Waals surface area contributed by atoms with Gasteiger partial charge in [0.05, 0.1) is 5.75 Å². The molecular weight excluding hydrogens is 339 g/mol. The SMILES string of the molecule is CN(CCNS(=O)(=O)Cc1ccc(F)cc1)c1ccc(Cl)cc1. The molecule has 0 unspecified atom stereocenters. The summed E-state index contributed by atoms with van der Waals surface area (Å²) in [7, 11) is -1.58. The van der Waals surface area contributed by atoms with Crippen LogP contribution in [-0.2, 0) is 15.8 Å². The molecule has 0 fully saturated rings. The molecule has 4 nitrogen and oxygen atoms in total. The lowest BCUT2D eigenvalue weighted by molar-refractivity contribution is 0.580. The van der Waals surface area contributed by atoms with Gasteiger partial charge in [-0.1, -0.05) is 23.7 Å². The van der Waals surface area contributed by atoms with Gasteiger partial charge in [-0.2, -0.15) is 0 Å². The zero-order valence-corrected chi connectivity index (χ0v) is 14.2. The van der Waals surface area contributed by atoms with Gasteiger partial charge in [-0.15, -0.1) is 0 Å². The van der Waals surface area contributed by atoms with E-state index in [-0.39, 0.29) is 18.1 Å². The summed E-state index contributed by atoms with van der Waals surface area (Å²) < 4.78 is 39.4. The maximum atomic E-state index is 12.8. The molecule has 0 heterocycles. The van der Waals surface area contributed by atoms with E-state index in [1.807, 2.05) is 24.1 Å². The number of anilines is 1. The lowest BCUT2D eigenvalue weighted by atomic mass is 10.2. The van der Waals surface area contributed by atoms with Crippen LogP contribution in [0.2, 0.25) is 5.02 Å². The van der Waals surface area contributed by atoms with E-state index in [1.54, 1.807) is 12.1 Å². The minimum Gasteiger partial charge on any atom is -0.373 e. The summed E-state index contributed by atoms with van der Waals surface area (Å²) in [6.45, 7) is 0.799. The number of halogens is 2. The highest BCUT2D eigenvalue weighted by Gasteiger charge is 2.11. The van der Waals surface area contributed by atoms with E-state index >= 15 is 0 Å². The van der Waals surface area contributed by atoms with Crippen molar-refractivity contribution in [3.63, 3.8) is 0 Å². The number of hydrogen-bond donors (Lipinski definition) is 1. The standard InChI is InChI=1S/C16H18ClFN2O2S/c1-20(16-8-4-14(17)5-9-16)11-10-19-23(21,22)12-13-2-6-15(18)7-3-13/h2-9,19H,10-12H2,1H3. The van der Waals surface area contributed by atoms with Crippen molar-refractivity contribution in [1.29, 1.82) is 0 Å². The van der Waals surface area contributed by atoms with Gasteiger partial charge in [-0.05, 0) is 42.0 Å². The fourth-order valence-electron chi connectivity index (χ4n) is 2.04. The highest BCUT2D eigenvalue weighted by molar-refractivity contribution is 7.88. The van der Waals surface area contributed by atoms with Crippen LogP contribution in [0.25, 0.3) is 0 Å². The molecule has 0 aliphatic heterocycles. The Hall–Kier alpha value is -1.63. The lowest BCUT2D eigenvalue weighted by Gasteiger charge is -2.19. The molecule has 124 valence electrons. The summed E-state index contributed by atoms with van der Waals surface area (Å²) in [6, 6.07) is 12.7. The molecule has 0 atom stereocenters. The molecule has 2 aromatic rings. The quantitative estimate of drug-likeness (QED) is 0.829. The molecule has 2 aromatic carbocycles. The Morgan fingerprint density at radius 2 is 1.70 bits per heavy atom. The predicted octanol–water partition coefficient (Wildman–Crippen LogP) is 3.03. The minimum atomic E-state index is -3.45. The molecule has 1 N–H and O–H groups in total. The highest BCUT2D eigenvalue weighted by Crippen LogP contribution is 2.16. The second-order valence-electron chi connectivity index (χ2n) is 5.18. The smallest absolute Gasteiger partial charge is 0.215 e. The summed E-state index contributed by atoms with van der Waals surface area (Å²) >= 11 is 5.83. The average Bonchev–Trinajstić information content (AvgIpc) is 2.50. The van der Waals surface area contributed by atoms with Gasteiger partial charge in [-0.3, -0.25) is 0 Å². The van der Waals surface area contributed by atoms with Crippen LogP contribution in [0.4, 0.5) is 10.1 Å². The van der Waals surface area contributed by atoms with E-state index < -0.39 is 10.0 Å². The summed E-state index contributed by atoms with van der Waals surface area (Å²) in [5, 5.41) is 0.655. The number of rotatable bonds is 7. The molecule has 0 saturated heterocycles. The molecular formula is C16H18ClFN2O2S. The van der Waals surface area contributed by atoms with Crippen LogP contribution in [0.5, 0.6) is 0 Å². The average molecular weight is 357 g/mol. The van der Waals surface area contributed by atoms with Crippen molar-refractivity contribution < 1.29 is 12.8 Å². The van der Waals surface area contributed by atoms with Crippen LogP contribution < -0.4 is 9.62 Å². The maximum Gasteiger partial charge on any atom is 0.215 e.